The van der Waals surface area contributed by atoms with Gasteiger partial charge in [0.05, 0.1) is 29.1 Å². The summed E-state index contributed by atoms with van der Waals surface area (Å²) in [6.07, 6.45) is 0.628. The van der Waals surface area contributed by atoms with Gasteiger partial charge >= 0.3 is 5.97 Å². The van der Waals surface area contributed by atoms with Gasteiger partial charge in [-0.15, -0.1) is 0 Å². The van der Waals surface area contributed by atoms with E-state index in [2.05, 4.69) is 15.9 Å². The van der Waals surface area contributed by atoms with E-state index in [-0.39, 0.29) is 24.6 Å². The zero-order valence-corrected chi connectivity index (χ0v) is 13.7. The van der Waals surface area contributed by atoms with E-state index in [1.807, 2.05) is 30.3 Å². The molecule has 1 aromatic heterocycles. The summed E-state index contributed by atoms with van der Waals surface area (Å²) in [5, 5.41) is 0. The van der Waals surface area contributed by atoms with Gasteiger partial charge in [-0.3, -0.25) is 4.79 Å². The molecule has 22 heavy (non-hydrogen) atoms. The molecule has 1 heterocycles. The Bertz CT molecular complexity index is 652. The van der Waals surface area contributed by atoms with Gasteiger partial charge in [0.1, 0.15) is 6.73 Å². The SMILES string of the molecule is CCOC(=O)c1cc(Br)n(COCc2ccccc2)c1C=O. The highest BCUT2D eigenvalue weighted by atomic mass is 79.9. The molecule has 5 nitrogen and oxygen atoms in total. The summed E-state index contributed by atoms with van der Waals surface area (Å²) in [6.45, 7) is 2.54. The summed E-state index contributed by atoms with van der Waals surface area (Å²) in [5.74, 6) is -0.521. The number of aromatic nitrogens is 1. The van der Waals surface area contributed by atoms with E-state index in [0.717, 1.165) is 5.56 Å². The van der Waals surface area contributed by atoms with Crippen molar-refractivity contribution in [3.63, 3.8) is 0 Å². The standard InChI is InChI=1S/C16H16BrNO4/c1-2-22-16(20)13-8-15(17)18(14(13)9-19)11-21-10-12-6-4-3-5-7-12/h3-9H,2,10-11H2,1H3. The molecule has 0 saturated heterocycles. The Labute approximate surface area is 137 Å². The molecule has 0 amide bonds. The third-order valence-electron chi connectivity index (χ3n) is 3.03. The minimum absolute atomic E-state index is 0.156. The van der Waals surface area contributed by atoms with E-state index in [0.29, 0.717) is 17.5 Å². The molecule has 116 valence electrons. The Morgan fingerprint density at radius 1 is 1.32 bits per heavy atom. The van der Waals surface area contributed by atoms with Crippen molar-refractivity contribution in [2.24, 2.45) is 0 Å². The van der Waals surface area contributed by atoms with Crippen LogP contribution in [0.1, 0.15) is 33.3 Å². The van der Waals surface area contributed by atoms with Crippen LogP contribution < -0.4 is 0 Å². The van der Waals surface area contributed by atoms with Crippen molar-refractivity contribution >= 4 is 28.2 Å². The molecule has 0 bridgehead atoms. The van der Waals surface area contributed by atoms with E-state index in [4.69, 9.17) is 9.47 Å². The monoisotopic (exact) mass is 365 g/mol. The smallest absolute Gasteiger partial charge is 0.340 e. The Balaban J connectivity index is 2.10. The molecule has 0 atom stereocenters. The van der Waals surface area contributed by atoms with E-state index in [1.165, 1.54) is 0 Å². The summed E-state index contributed by atoms with van der Waals surface area (Å²) in [5.41, 5.74) is 1.49. The van der Waals surface area contributed by atoms with Crippen LogP contribution in [0.4, 0.5) is 0 Å². The Kier molecular flexibility index (Phi) is 5.91. The van der Waals surface area contributed by atoms with Crippen LogP contribution in [-0.2, 0) is 22.8 Å². The fraction of sp³-hybridized carbons (Fsp3) is 0.250. The fourth-order valence-electron chi connectivity index (χ4n) is 1.99. The molecular weight excluding hydrogens is 350 g/mol. The normalized spacial score (nSPS) is 10.5. The number of hydrogen-bond donors (Lipinski definition) is 0. The number of carbonyl (C=O) groups excluding carboxylic acids is 2. The molecule has 0 unspecified atom stereocenters. The van der Waals surface area contributed by atoms with Crippen molar-refractivity contribution in [3.8, 4) is 0 Å². The third-order valence-corrected chi connectivity index (χ3v) is 3.68. The molecule has 0 aliphatic rings. The van der Waals surface area contributed by atoms with Crippen molar-refractivity contribution in [2.75, 3.05) is 6.61 Å². The number of rotatable bonds is 7. The van der Waals surface area contributed by atoms with Crippen LogP contribution in [0.15, 0.2) is 41.0 Å². The Morgan fingerprint density at radius 3 is 2.68 bits per heavy atom. The third kappa shape index (κ3) is 3.84. The van der Waals surface area contributed by atoms with E-state index >= 15 is 0 Å². The van der Waals surface area contributed by atoms with Gasteiger partial charge < -0.3 is 14.0 Å². The Morgan fingerprint density at radius 2 is 2.05 bits per heavy atom. The van der Waals surface area contributed by atoms with Gasteiger partial charge in [0.25, 0.3) is 0 Å². The first-order valence-electron chi connectivity index (χ1n) is 6.80. The maximum absolute atomic E-state index is 11.8. The number of carbonyl (C=O) groups is 2. The maximum Gasteiger partial charge on any atom is 0.340 e. The molecule has 0 aliphatic heterocycles. The van der Waals surface area contributed by atoms with Crippen LogP contribution in [0.5, 0.6) is 0 Å². The van der Waals surface area contributed by atoms with Crippen LogP contribution in [0.25, 0.3) is 0 Å². The molecule has 6 heteroatoms. The summed E-state index contributed by atoms with van der Waals surface area (Å²) < 4.78 is 12.7. The minimum Gasteiger partial charge on any atom is -0.462 e. The minimum atomic E-state index is -0.521. The van der Waals surface area contributed by atoms with Gasteiger partial charge in [0.15, 0.2) is 6.29 Å². The fourth-order valence-corrected chi connectivity index (χ4v) is 2.51. The molecular formula is C16H16BrNO4. The lowest BCUT2D eigenvalue weighted by molar-refractivity contribution is 0.0515. The lowest BCUT2D eigenvalue weighted by Crippen LogP contribution is -2.11. The van der Waals surface area contributed by atoms with Crippen molar-refractivity contribution in [1.82, 2.24) is 4.57 Å². The first-order valence-corrected chi connectivity index (χ1v) is 7.59. The number of hydrogen-bond acceptors (Lipinski definition) is 4. The van der Waals surface area contributed by atoms with E-state index in [9.17, 15) is 9.59 Å². The van der Waals surface area contributed by atoms with Gasteiger partial charge in [-0.1, -0.05) is 30.3 Å². The molecule has 2 aromatic rings. The number of aldehydes is 1. The Hall–Kier alpha value is -1.92. The first-order chi connectivity index (χ1) is 10.7. The molecule has 1 aromatic carbocycles. The lowest BCUT2D eigenvalue weighted by Gasteiger charge is -2.09. The first kappa shape index (κ1) is 16.5. The zero-order chi connectivity index (χ0) is 15.9. The zero-order valence-electron chi connectivity index (χ0n) is 12.1. The largest absolute Gasteiger partial charge is 0.462 e. The van der Waals surface area contributed by atoms with Crippen LogP contribution in [-0.4, -0.2) is 23.4 Å². The van der Waals surface area contributed by atoms with E-state index < -0.39 is 5.97 Å². The van der Waals surface area contributed by atoms with Gasteiger partial charge in [-0.25, -0.2) is 4.79 Å². The highest BCUT2D eigenvalue weighted by Gasteiger charge is 2.20. The van der Waals surface area contributed by atoms with Crippen molar-refractivity contribution < 1.29 is 19.1 Å². The van der Waals surface area contributed by atoms with Crippen molar-refractivity contribution in [1.29, 1.82) is 0 Å². The van der Waals surface area contributed by atoms with Gasteiger partial charge in [0, 0.05) is 0 Å². The quantitative estimate of drug-likeness (QED) is 0.557. The summed E-state index contributed by atoms with van der Waals surface area (Å²) in [4.78, 5) is 23.1. The van der Waals surface area contributed by atoms with Crippen LogP contribution in [0, 0.1) is 0 Å². The second kappa shape index (κ2) is 7.91. The number of ether oxygens (including phenoxy) is 2. The second-order valence-electron chi connectivity index (χ2n) is 4.50. The molecule has 2 rings (SSSR count). The topological polar surface area (TPSA) is 57.5 Å². The highest BCUT2D eigenvalue weighted by molar-refractivity contribution is 9.10. The van der Waals surface area contributed by atoms with Crippen molar-refractivity contribution in [2.45, 2.75) is 20.3 Å². The van der Waals surface area contributed by atoms with Crippen LogP contribution in [0.3, 0.4) is 0 Å². The molecule has 0 N–H and O–H groups in total. The predicted octanol–water partition coefficient (Wildman–Crippen LogP) is 3.41. The molecule has 0 aliphatic carbocycles. The molecule has 0 fully saturated rings. The lowest BCUT2D eigenvalue weighted by atomic mass is 10.2. The summed E-state index contributed by atoms with van der Waals surface area (Å²) in [7, 11) is 0. The van der Waals surface area contributed by atoms with Gasteiger partial charge in [-0.05, 0) is 34.5 Å². The van der Waals surface area contributed by atoms with Gasteiger partial charge in [-0.2, -0.15) is 0 Å². The predicted molar refractivity (Wildman–Crippen MR) is 84.7 cm³/mol. The van der Waals surface area contributed by atoms with Crippen LogP contribution in [0.2, 0.25) is 0 Å². The van der Waals surface area contributed by atoms with Crippen LogP contribution >= 0.6 is 15.9 Å². The van der Waals surface area contributed by atoms with Gasteiger partial charge in [0.2, 0.25) is 0 Å². The number of esters is 1. The average molecular weight is 366 g/mol. The maximum atomic E-state index is 11.8. The van der Waals surface area contributed by atoms with Crippen molar-refractivity contribution in [3.05, 3.63) is 57.8 Å². The molecule has 0 saturated carbocycles. The number of benzene rings is 1. The number of nitrogens with zero attached hydrogens (tertiary/aromatic N) is 1. The number of halogens is 1. The average Bonchev–Trinajstić information content (AvgIpc) is 2.85. The summed E-state index contributed by atoms with van der Waals surface area (Å²) in [6, 6.07) is 11.3. The second-order valence-corrected chi connectivity index (χ2v) is 5.31. The molecule has 0 radical (unpaired) electrons. The summed E-state index contributed by atoms with van der Waals surface area (Å²) >= 11 is 3.33. The highest BCUT2D eigenvalue weighted by Crippen LogP contribution is 2.21. The molecule has 0 spiro atoms. The van der Waals surface area contributed by atoms with E-state index in [1.54, 1.807) is 17.6 Å².